The first-order chi connectivity index (χ1) is 31.0. The van der Waals surface area contributed by atoms with Gasteiger partial charge in [0.1, 0.15) is 0 Å². The fraction of sp³-hybridized carbons (Fsp3) is 0.0645. The van der Waals surface area contributed by atoms with Gasteiger partial charge in [0.2, 0.25) is 0 Å². The summed E-state index contributed by atoms with van der Waals surface area (Å²) in [6.45, 7) is 4.74. The van der Waals surface area contributed by atoms with Crippen LogP contribution in [-0.2, 0) is 10.8 Å². The third-order valence-corrected chi connectivity index (χ3v) is 14.0. The predicted octanol–water partition coefficient (Wildman–Crippen LogP) is 16.3. The first-order valence-electron chi connectivity index (χ1n) is 22.1. The van der Waals surface area contributed by atoms with Crippen molar-refractivity contribution in [3.05, 3.63) is 270 Å². The first kappa shape index (κ1) is 37.1. The predicted molar refractivity (Wildman–Crippen MR) is 264 cm³/mol. The Kier molecular flexibility index (Phi) is 8.49. The number of anilines is 3. The number of fused-ring (bicyclic) bond motifs is 7. The average molecular weight is 804 g/mol. The molecule has 0 saturated carbocycles. The van der Waals surface area contributed by atoms with Crippen molar-refractivity contribution in [2.75, 3.05) is 4.90 Å². The molecule has 2 aliphatic rings. The Bertz CT molecular complexity index is 3310. The molecule has 0 aromatic heterocycles. The molecule has 0 bridgehead atoms. The maximum atomic E-state index is 2.48. The van der Waals surface area contributed by atoms with Gasteiger partial charge in [0, 0.05) is 22.5 Å². The second-order valence-corrected chi connectivity index (χ2v) is 17.6. The Morgan fingerprint density at radius 3 is 1.46 bits per heavy atom. The molecule has 10 aromatic rings. The topological polar surface area (TPSA) is 3.24 Å². The van der Waals surface area contributed by atoms with E-state index in [-0.39, 0.29) is 5.41 Å². The summed E-state index contributed by atoms with van der Waals surface area (Å²) in [4.78, 5) is 2.48. The van der Waals surface area contributed by atoms with Crippen LogP contribution in [0.1, 0.15) is 47.2 Å². The van der Waals surface area contributed by atoms with Gasteiger partial charge in [-0.3, -0.25) is 0 Å². The molecule has 0 saturated heterocycles. The van der Waals surface area contributed by atoms with Crippen molar-refractivity contribution in [2.24, 2.45) is 0 Å². The third kappa shape index (κ3) is 5.63. The van der Waals surface area contributed by atoms with Crippen LogP contribution in [0.5, 0.6) is 0 Å². The Hall–Kier alpha value is -7.74. The van der Waals surface area contributed by atoms with Crippen LogP contribution in [0.3, 0.4) is 0 Å². The summed E-state index contributed by atoms with van der Waals surface area (Å²) in [5.74, 6) is 0. The molecule has 0 radical (unpaired) electrons. The molecule has 0 spiro atoms. The van der Waals surface area contributed by atoms with Crippen LogP contribution < -0.4 is 4.90 Å². The lowest BCUT2D eigenvalue weighted by molar-refractivity contribution is 0.660. The molecule has 298 valence electrons. The van der Waals surface area contributed by atoms with E-state index in [0.717, 1.165) is 17.1 Å². The Morgan fingerprint density at radius 1 is 0.317 bits per heavy atom. The summed E-state index contributed by atoms with van der Waals surface area (Å²) in [5, 5.41) is 2.50. The zero-order valence-corrected chi connectivity index (χ0v) is 35.5. The van der Waals surface area contributed by atoms with Crippen molar-refractivity contribution in [3.8, 4) is 44.5 Å². The van der Waals surface area contributed by atoms with Gasteiger partial charge < -0.3 is 4.90 Å². The van der Waals surface area contributed by atoms with Crippen LogP contribution in [-0.4, -0.2) is 0 Å². The maximum absolute atomic E-state index is 2.48. The molecule has 0 heterocycles. The molecule has 0 amide bonds. The Balaban J connectivity index is 1.08. The molecule has 2 aliphatic carbocycles. The van der Waals surface area contributed by atoms with Gasteiger partial charge >= 0.3 is 0 Å². The Morgan fingerprint density at radius 2 is 0.794 bits per heavy atom. The van der Waals surface area contributed by atoms with Gasteiger partial charge in [0.15, 0.2) is 0 Å². The van der Waals surface area contributed by atoms with E-state index >= 15 is 0 Å². The lowest BCUT2D eigenvalue weighted by atomic mass is 9.67. The SMILES string of the molecule is CC1(C)c2ccccc2-c2ccc(N(c3ccc(-c4ccc5ccccc5c4-c4ccccc4)cc3)c3ccc4c(c3)C(c3ccccc3)(c3ccccc3)c3ccccc3-4)cc21. The molecule has 1 nitrogen and oxygen atoms in total. The van der Waals surface area contributed by atoms with Crippen molar-refractivity contribution in [2.45, 2.75) is 24.7 Å². The highest BCUT2D eigenvalue weighted by molar-refractivity contribution is 6.04. The molecule has 1 heteroatoms. The van der Waals surface area contributed by atoms with E-state index in [1.165, 1.54) is 88.7 Å². The van der Waals surface area contributed by atoms with Crippen LogP contribution in [0.4, 0.5) is 17.1 Å². The maximum Gasteiger partial charge on any atom is 0.0714 e. The molecule has 0 N–H and O–H groups in total. The molecule has 12 rings (SSSR count). The highest BCUT2D eigenvalue weighted by Crippen LogP contribution is 2.58. The lowest BCUT2D eigenvalue weighted by Gasteiger charge is -2.35. The number of rotatable bonds is 7. The quantitative estimate of drug-likeness (QED) is 0.155. The summed E-state index contributed by atoms with van der Waals surface area (Å²) in [7, 11) is 0. The van der Waals surface area contributed by atoms with Crippen LogP contribution in [0.25, 0.3) is 55.3 Å². The number of hydrogen-bond acceptors (Lipinski definition) is 1. The van der Waals surface area contributed by atoms with E-state index in [2.05, 4.69) is 255 Å². The Labute approximate surface area is 370 Å². The normalized spacial score (nSPS) is 13.8. The monoisotopic (exact) mass is 803 g/mol. The van der Waals surface area contributed by atoms with Crippen molar-refractivity contribution in [3.63, 3.8) is 0 Å². The van der Waals surface area contributed by atoms with Crippen molar-refractivity contribution < 1.29 is 0 Å². The zero-order chi connectivity index (χ0) is 42.1. The second-order valence-electron chi connectivity index (χ2n) is 17.6. The minimum atomic E-state index is -0.508. The van der Waals surface area contributed by atoms with Crippen molar-refractivity contribution in [1.82, 2.24) is 0 Å². The number of nitrogens with zero attached hydrogens (tertiary/aromatic N) is 1. The molecule has 10 aromatic carbocycles. The van der Waals surface area contributed by atoms with Gasteiger partial charge in [-0.1, -0.05) is 214 Å². The van der Waals surface area contributed by atoms with E-state index in [1.54, 1.807) is 0 Å². The largest absolute Gasteiger partial charge is 0.310 e. The molecule has 0 atom stereocenters. The van der Waals surface area contributed by atoms with Crippen molar-refractivity contribution >= 4 is 27.8 Å². The first-order valence-corrected chi connectivity index (χ1v) is 22.1. The van der Waals surface area contributed by atoms with E-state index < -0.39 is 5.41 Å². The van der Waals surface area contributed by atoms with Crippen LogP contribution in [0, 0.1) is 0 Å². The zero-order valence-electron chi connectivity index (χ0n) is 35.5. The van der Waals surface area contributed by atoms with Crippen LogP contribution >= 0.6 is 0 Å². The summed E-state index contributed by atoms with van der Waals surface area (Å²) >= 11 is 0. The minimum absolute atomic E-state index is 0.142. The number of hydrogen-bond donors (Lipinski definition) is 0. The van der Waals surface area contributed by atoms with Gasteiger partial charge in [-0.15, -0.1) is 0 Å². The smallest absolute Gasteiger partial charge is 0.0714 e. The molecule has 63 heavy (non-hydrogen) atoms. The van der Waals surface area contributed by atoms with Gasteiger partial charge in [-0.25, -0.2) is 0 Å². The van der Waals surface area contributed by atoms with E-state index in [0.29, 0.717) is 0 Å². The van der Waals surface area contributed by atoms with Crippen LogP contribution in [0.15, 0.2) is 237 Å². The molecular formula is C62H45N. The van der Waals surface area contributed by atoms with Gasteiger partial charge in [-0.2, -0.15) is 0 Å². The van der Waals surface area contributed by atoms with Gasteiger partial charge in [0.05, 0.1) is 5.41 Å². The highest BCUT2D eigenvalue weighted by Gasteiger charge is 2.46. The summed E-state index contributed by atoms with van der Waals surface area (Å²) in [6.07, 6.45) is 0. The van der Waals surface area contributed by atoms with Gasteiger partial charge in [0.25, 0.3) is 0 Å². The van der Waals surface area contributed by atoms with E-state index in [4.69, 9.17) is 0 Å². The van der Waals surface area contributed by atoms with E-state index in [1.807, 2.05) is 0 Å². The summed E-state index contributed by atoms with van der Waals surface area (Å²) in [5.41, 5.74) is 20.6. The molecule has 0 fully saturated rings. The second kappa shape index (κ2) is 14.4. The molecule has 0 aliphatic heterocycles. The number of benzene rings is 10. The summed E-state index contributed by atoms with van der Waals surface area (Å²) < 4.78 is 0. The van der Waals surface area contributed by atoms with Crippen LogP contribution in [0.2, 0.25) is 0 Å². The third-order valence-electron chi connectivity index (χ3n) is 14.0. The van der Waals surface area contributed by atoms with Crippen molar-refractivity contribution in [1.29, 1.82) is 0 Å². The average Bonchev–Trinajstić information content (AvgIpc) is 3.77. The summed E-state index contributed by atoms with van der Waals surface area (Å²) in [6, 6.07) is 87.8. The van der Waals surface area contributed by atoms with Gasteiger partial charge in [-0.05, 0) is 125 Å². The lowest BCUT2D eigenvalue weighted by Crippen LogP contribution is -2.28. The molecular weight excluding hydrogens is 759 g/mol. The fourth-order valence-corrected chi connectivity index (χ4v) is 11.1. The van der Waals surface area contributed by atoms with E-state index in [9.17, 15) is 0 Å². The minimum Gasteiger partial charge on any atom is -0.310 e. The highest BCUT2D eigenvalue weighted by atomic mass is 15.1. The standard InChI is InChI=1S/C62H45N/c1-61(2)56-28-16-14-26-52(56)54-38-35-48(40-58(54)61)63(47-33-30-43(31-34-47)51-37-32-42-18-12-13-25-50(42)60(51)44-19-6-3-7-20-44)49-36-39-55-53-27-15-17-29-57(53)62(59(55)41-49,45-21-8-4-9-22-45)46-23-10-5-11-24-46/h3-41H,1-2H3. The fourth-order valence-electron chi connectivity index (χ4n) is 11.1. The molecule has 0 unspecified atom stereocenters.